The van der Waals surface area contributed by atoms with Gasteiger partial charge in [-0.25, -0.2) is 9.78 Å². The van der Waals surface area contributed by atoms with Crippen molar-refractivity contribution >= 4 is 5.97 Å². The van der Waals surface area contributed by atoms with Gasteiger partial charge in [0.2, 0.25) is 0 Å². The van der Waals surface area contributed by atoms with Crippen molar-refractivity contribution in [2.45, 2.75) is 45.1 Å². The molecule has 4 nitrogen and oxygen atoms in total. The molecule has 1 fully saturated rings. The van der Waals surface area contributed by atoms with Gasteiger partial charge in [-0.15, -0.1) is 0 Å². The predicted molar refractivity (Wildman–Crippen MR) is 56.2 cm³/mol. The molecule has 0 spiro atoms. The molecular weight excluding hydrogens is 192 g/mol. The molecule has 1 aliphatic rings. The van der Waals surface area contributed by atoms with Crippen LogP contribution in [0.2, 0.25) is 0 Å². The Balaban J connectivity index is 2.36. The highest BCUT2D eigenvalue weighted by Gasteiger charge is 2.26. The number of hydrogen-bond donors (Lipinski definition) is 1. The number of imidazole rings is 1. The number of aromatic nitrogens is 2. The van der Waals surface area contributed by atoms with Crippen molar-refractivity contribution in [2.75, 3.05) is 0 Å². The van der Waals surface area contributed by atoms with E-state index in [0.717, 1.165) is 18.7 Å². The maximum Gasteiger partial charge on any atom is 0.356 e. The van der Waals surface area contributed by atoms with Crippen LogP contribution in [0.3, 0.4) is 0 Å². The molecule has 0 atom stereocenters. The fraction of sp³-hybridized carbons (Fsp3) is 0.636. The molecule has 0 aromatic carbocycles. The number of carbonyl (C=O) groups is 1. The van der Waals surface area contributed by atoms with Gasteiger partial charge in [-0.1, -0.05) is 6.42 Å². The molecule has 1 heterocycles. The summed E-state index contributed by atoms with van der Waals surface area (Å²) in [6.45, 7) is 4.10. The first kappa shape index (κ1) is 10.2. The standard InChI is InChI=1S/C11H16N2O2/c1-7(2)13-6-9(11(14)15)12-10(13)8-4-3-5-8/h6-8H,3-5H2,1-2H3,(H,14,15). The van der Waals surface area contributed by atoms with Crippen LogP contribution in [0, 0.1) is 0 Å². The van der Waals surface area contributed by atoms with Crippen molar-refractivity contribution in [3.63, 3.8) is 0 Å². The Morgan fingerprint density at radius 3 is 2.67 bits per heavy atom. The second-order valence-corrected chi connectivity index (χ2v) is 4.42. The van der Waals surface area contributed by atoms with Crippen LogP contribution in [0.4, 0.5) is 0 Å². The van der Waals surface area contributed by atoms with E-state index in [1.165, 1.54) is 6.42 Å². The molecule has 1 saturated carbocycles. The topological polar surface area (TPSA) is 55.1 Å². The third-order valence-electron chi connectivity index (χ3n) is 3.01. The molecular formula is C11H16N2O2. The molecule has 0 radical (unpaired) electrons. The largest absolute Gasteiger partial charge is 0.476 e. The molecule has 2 rings (SSSR count). The van der Waals surface area contributed by atoms with Crippen molar-refractivity contribution in [2.24, 2.45) is 0 Å². The number of aromatic carboxylic acids is 1. The van der Waals surface area contributed by atoms with Gasteiger partial charge in [0.1, 0.15) is 5.82 Å². The summed E-state index contributed by atoms with van der Waals surface area (Å²) in [6, 6.07) is 0.279. The van der Waals surface area contributed by atoms with Crippen molar-refractivity contribution in [3.05, 3.63) is 17.7 Å². The van der Waals surface area contributed by atoms with Gasteiger partial charge < -0.3 is 9.67 Å². The van der Waals surface area contributed by atoms with Crippen LogP contribution in [0.1, 0.15) is 61.4 Å². The highest BCUT2D eigenvalue weighted by molar-refractivity contribution is 5.85. The molecule has 15 heavy (non-hydrogen) atoms. The SMILES string of the molecule is CC(C)n1cc(C(=O)O)nc1C1CCC1. The van der Waals surface area contributed by atoms with E-state index in [2.05, 4.69) is 18.8 Å². The second-order valence-electron chi connectivity index (χ2n) is 4.42. The maximum atomic E-state index is 10.8. The van der Waals surface area contributed by atoms with E-state index in [-0.39, 0.29) is 11.7 Å². The number of nitrogens with zero attached hydrogens (tertiary/aromatic N) is 2. The molecule has 4 heteroatoms. The first-order valence-electron chi connectivity index (χ1n) is 5.41. The van der Waals surface area contributed by atoms with Gasteiger partial charge in [0, 0.05) is 18.2 Å². The summed E-state index contributed by atoms with van der Waals surface area (Å²) in [5.41, 5.74) is 0.172. The Morgan fingerprint density at radius 2 is 2.27 bits per heavy atom. The number of carboxylic acids is 1. The Morgan fingerprint density at radius 1 is 1.60 bits per heavy atom. The van der Waals surface area contributed by atoms with Crippen LogP contribution >= 0.6 is 0 Å². The van der Waals surface area contributed by atoms with E-state index < -0.39 is 5.97 Å². The lowest BCUT2D eigenvalue weighted by Gasteiger charge is -2.26. The quantitative estimate of drug-likeness (QED) is 0.830. The third-order valence-corrected chi connectivity index (χ3v) is 3.01. The van der Waals surface area contributed by atoms with E-state index in [1.807, 2.05) is 4.57 Å². The van der Waals surface area contributed by atoms with Crippen LogP contribution in [-0.2, 0) is 0 Å². The second kappa shape index (κ2) is 3.68. The molecule has 0 saturated heterocycles. The van der Waals surface area contributed by atoms with Crippen molar-refractivity contribution in [1.82, 2.24) is 9.55 Å². The summed E-state index contributed by atoms with van der Waals surface area (Å²) in [5.74, 6) is 0.490. The molecule has 0 bridgehead atoms. The maximum absolute atomic E-state index is 10.8. The van der Waals surface area contributed by atoms with Crippen LogP contribution in [-0.4, -0.2) is 20.6 Å². The average molecular weight is 208 g/mol. The summed E-state index contributed by atoms with van der Waals surface area (Å²) in [6.07, 6.45) is 5.17. The molecule has 0 aliphatic heterocycles. The molecule has 82 valence electrons. The van der Waals surface area contributed by atoms with E-state index in [4.69, 9.17) is 5.11 Å². The predicted octanol–water partition coefficient (Wildman–Crippen LogP) is 2.43. The monoisotopic (exact) mass is 208 g/mol. The van der Waals surface area contributed by atoms with Gasteiger partial charge in [-0.3, -0.25) is 0 Å². The van der Waals surface area contributed by atoms with Crippen molar-refractivity contribution in [3.8, 4) is 0 Å². The summed E-state index contributed by atoms with van der Waals surface area (Å²) < 4.78 is 1.99. The minimum absolute atomic E-state index is 0.172. The minimum Gasteiger partial charge on any atom is -0.476 e. The smallest absolute Gasteiger partial charge is 0.356 e. The Kier molecular flexibility index (Phi) is 2.50. The number of rotatable bonds is 3. The highest BCUT2D eigenvalue weighted by atomic mass is 16.4. The lowest BCUT2D eigenvalue weighted by molar-refractivity contribution is 0.0690. The van der Waals surface area contributed by atoms with Gasteiger partial charge in [0.15, 0.2) is 5.69 Å². The molecule has 1 aliphatic carbocycles. The van der Waals surface area contributed by atoms with Crippen LogP contribution in [0.25, 0.3) is 0 Å². The van der Waals surface area contributed by atoms with Gasteiger partial charge in [-0.05, 0) is 26.7 Å². The first-order valence-corrected chi connectivity index (χ1v) is 5.41. The zero-order chi connectivity index (χ0) is 11.0. The summed E-state index contributed by atoms with van der Waals surface area (Å²) in [5, 5.41) is 8.90. The third kappa shape index (κ3) is 1.76. The fourth-order valence-corrected chi connectivity index (χ4v) is 1.89. The minimum atomic E-state index is -0.935. The van der Waals surface area contributed by atoms with E-state index >= 15 is 0 Å². The van der Waals surface area contributed by atoms with E-state index in [9.17, 15) is 4.79 Å². The van der Waals surface area contributed by atoms with Crippen molar-refractivity contribution in [1.29, 1.82) is 0 Å². The average Bonchev–Trinajstić information content (AvgIpc) is 2.45. The Labute approximate surface area is 88.9 Å². The normalized spacial score (nSPS) is 16.7. The molecule has 0 unspecified atom stereocenters. The molecule has 1 N–H and O–H groups in total. The summed E-state index contributed by atoms with van der Waals surface area (Å²) in [7, 11) is 0. The van der Waals surface area contributed by atoms with Crippen LogP contribution in [0.15, 0.2) is 6.20 Å². The van der Waals surface area contributed by atoms with Crippen molar-refractivity contribution < 1.29 is 9.90 Å². The molecule has 1 aromatic heterocycles. The van der Waals surface area contributed by atoms with E-state index in [0.29, 0.717) is 5.92 Å². The van der Waals surface area contributed by atoms with Gasteiger partial charge in [-0.2, -0.15) is 0 Å². The summed E-state index contributed by atoms with van der Waals surface area (Å²) >= 11 is 0. The molecule has 1 aromatic rings. The van der Waals surface area contributed by atoms with E-state index in [1.54, 1.807) is 6.20 Å². The van der Waals surface area contributed by atoms with Gasteiger partial charge >= 0.3 is 5.97 Å². The zero-order valence-electron chi connectivity index (χ0n) is 9.10. The van der Waals surface area contributed by atoms with Crippen LogP contribution in [0.5, 0.6) is 0 Å². The zero-order valence-corrected chi connectivity index (χ0v) is 9.10. The van der Waals surface area contributed by atoms with Crippen LogP contribution < -0.4 is 0 Å². The summed E-state index contributed by atoms with van der Waals surface area (Å²) in [4.78, 5) is 15.1. The Bertz CT molecular complexity index is 378. The first-order chi connectivity index (χ1) is 7.09. The van der Waals surface area contributed by atoms with Gasteiger partial charge in [0.25, 0.3) is 0 Å². The number of carboxylic acid groups (broad SMARTS) is 1. The highest BCUT2D eigenvalue weighted by Crippen LogP contribution is 2.36. The lowest BCUT2D eigenvalue weighted by atomic mass is 9.84. The number of hydrogen-bond acceptors (Lipinski definition) is 2. The van der Waals surface area contributed by atoms with Gasteiger partial charge in [0.05, 0.1) is 0 Å². The fourth-order valence-electron chi connectivity index (χ4n) is 1.89. The Hall–Kier alpha value is -1.32. The molecule has 0 amide bonds. The lowest BCUT2D eigenvalue weighted by Crippen LogP contribution is -2.16.